The Morgan fingerprint density at radius 1 is 1.24 bits per heavy atom. The molecule has 1 atom stereocenters. The molecule has 1 heterocycles. The van der Waals surface area contributed by atoms with Gasteiger partial charge in [-0.15, -0.1) is 0 Å². The minimum absolute atomic E-state index is 0.201. The summed E-state index contributed by atoms with van der Waals surface area (Å²) in [5, 5.41) is 3.50. The fourth-order valence-corrected chi connectivity index (χ4v) is 2.18. The molecule has 0 fully saturated rings. The minimum atomic E-state index is 0.201. The lowest BCUT2D eigenvalue weighted by atomic mass is 10.1. The van der Waals surface area contributed by atoms with E-state index in [9.17, 15) is 0 Å². The number of ether oxygens (including phenoxy) is 2. The fraction of sp³-hybridized carbons (Fsp3) is 0.353. The molecule has 1 unspecified atom stereocenters. The van der Waals surface area contributed by atoms with Crippen LogP contribution in [0, 0.1) is 0 Å². The van der Waals surface area contributed by atoms with E-state index < -0.39 is 0 Å². The Kier molecular flexibility index (Phi) is 5.58. The molecule has 0 aliphatic rings. The first kappa shape index (κ1) is 15.3. The smallest absolute Gasteiger partial charge is 0.213 e. The van der Waals surface area contributed by atoms with Gasteiger partial charge >= 0.3 is 0 Å². The maximum atomic E-state index is 5.68. The number of aromatic nitrogens is 1. The molecule has 2 rings (SSSR count). The molecular formula is C17H22N2O2. The zero-order chi connectivity index (χ0) is 15.1. The summed E-state index contributed by atoms with van der Waals surface area (Å²) in [4.78, 5) is 4.11. The predicted molar refractivity (Wildman–Crippen MR) is 83.7 cm³/mol. The first-order chi connectivity index (χ1) is 10.2. The van der Waals surface area contributed by atoms with Crippen molar-refractivity contribution in [1.82, 2.24) is 10.3 Å². The van der Waals surface area contributed by atoms with Gasteiger partial charge < -0.3 is 14.8 Å². The monoisotopic (exact) mass is 286 g/mol. The van der Waals surface area contributed by atoms with Crippen molar-refractivity contribution in [2.75, 3.05) is 13.7 Å². The van der Waals surface area contributed by atoms with Gasteiger partial charge in [-0.3, -0.25) is 0 Å². The number of hydrogen-bond donors (Lipinski definition) is 1. The van der Waals surface area contributed by atoms with Crippen molar-refractivity contribution >= 4 is 0 Å². The Bertz CT molecular complexity index is 572. The lowest BCUT2D eigenvalue weighted by Crippen LogP contribution is -2.19. The molecule has 4 nitrogen and oxygen atoms in total. The first-order valence-electron chi connectivity index (χ1n) is 7.18. The summed E-state index contributed by atoms with van der Waals surface area (Å²) in [6.45, 7) is 5.56. The quantitative estimate of drug-likeness (QED) is 0.847. The van der Waals surface area contributed by atoms with Crippen LogP contribution in [0.1, 0.15) is 31.0 Å². The highest BCUT2D eigenvalue weighted by molar-refractivity contribution is 5.35. The van der Waals surface area contributed by atoms with Gasteiger partial charge in [-0.1, -0.05) is 18.2 Å². The number of rotatable bonds is 7. The fourth-order valence-electron chi connectivity index (χ4n) is 2.18. The number of nitrogens with one attached hydrogen (secondary N) is 1. The summed E-state index contributed by atoms with van der Waals surface area (Å²) in [5.41, 5.74) is 2.31. The van der Waals surface area contributed by atoms with E-state index >= 15 is 0 Å². The molecule has 0 spiro atoms. The number of pyridine rings is 1. The van der Waals surface area contributed by atoms with Crippen molar-refractivity contribution in [1.29, 1.82) is 0 Å². The van der Waals surface area contributed by atoms with Crippen molar-refractivity contribution < 1.29 is 9.47 Å². The van der Waals surface area contributed by atoms with E-state index in [1.54, 1.807) is 13.3 Å². The molecule has 0 amide bonds. The van der Waals surface area contributed by atoms with Crippen LogP contribution < -0.4 is 14.8 Å². The molecule has 0 bridgehead atoms. The zero-order valence-electron chi connectivity index (χ0n) is 12.8. The van der Waals surface area contributed by atoms with Crippen LogP contribution in [0.4, 0.5) is 0 Å². The molecule has 1 N–H and O–H groups in total. The first-order valence-corrected chi connectivity index (χ1v) is 7.18. The van der Waals surface area contributed by atoms with Crippen molar-refractivity contribution in [3.05, 3.63) is 53.7 Å². The second kappa shape index (κ2) is 7.64. The van der Waals surface area contributed by atoms with Crippen molar-refractivity contribution in [2.24, 2.45) is 0 Å². The van der Waals surface area contributed by atoms with Crippen LogP contribution in [0.2, 0.25) is 0 Å². The molecule has 2 aromatic rings. The van der Waals surface area contributed by atoms with E-state index in [1.807, 2.05) is 37.3 Å². The average molecular weight is 286 g/mol. The van der Waals surface area contributed by atoms with Crippen LogP contribution in [0.15, 0.2) is 42.6 Å². The number of benzene rings is 1. The van der Waals surface area contributed by atoms with Crippen molar-refractivity contribution in [3.63, 3.8) is 0 Å². The van der Waals surface area contributed by atoms with Crippen LogP contribution in [-0.4, -0.2) is 18.7 Å². The minimum Gasteiger partial charge on any atom is -0.494 e. The summed E-state index contributed by atoms with van der Waals surface area (Å²) in [6.07, 6.45) is 1.76. The molecular weight excluding hydrogens is 264 g/mol. The SMILES string of the molecule is CCOc1ccccc1C(C)NCc1ccnc(OC)c1. The lowest BCUT2D eigenvalue weighted by molar-refractivity contribution is 0.332. The van der Waals surface area contributed by atoms with E-state index in [2.05, 4.69) is 23.3 Å². The Morgan fingerprint density at radius 3 is 2.81 bits per heavy atom. The van der Waals surface area contributed by atoms with Gasteiger partial charge in [-0.2, -0.15) is 0 Å². The Labute approximate surface area is 126 Å². The van der Waals surface area contributed by atoms with Gasteiger partial charge in [0.05, 0.1) is 13.7 Å². The van der Waals surface area contributed by atoms with Crippen LogP contribution in [-0.2, 0) is 6.54 Å². The standard InChI is InChI=1S/C17H22N2O2/c1-4-21-16-8-6-5-7-15(16)13(2)19-12-14-9-10-18-17(11-14)20-3/h5-11,13,19H,4,12H2,1-3H3. The molecule has 1 aromatic heterocycles. The van der Waals surface area contributed by atoms with Gasteiger partial charge in [-0.05, 0) is 31.5 Å². The Hall–Kier alpha value is -2.07. The second-order valence-corrected chi connectivity index (χ2v) is 4.78. The topological polar surface area (TPSA) is 43.4 Å². The largest absolute Gasteiger partial charge is 0.494 e. The molecule has 0 aliphatic heterocycles. The third-order valence-corrected chi connectivity index (χ3v) is 3.31. The van der Waals surface area contributed by atoms with Gasteiger partial charge in [0.2, 0.25) is 5.88 Å². The van der Waals surface area contributed by atoms with E-state index in [4.69, 9.17) is 9.47 Å². The summed E-state index contributed by atoms with van der Waals surface area (Å²) in [6, 6.07) is 12.3. The van der Waals surface area contributed by atoms with E-state index in [-0.39, 0.29) is 6.04 Å². The molecule has 1 aromatic carbocycles. The maximum absolute atomic E-state index is 5.68. The van der Waals surface area contributed by atoms with Crippen LogP contribution >= 0.6 is 0 Å². The Morgan fingerprint density at radius 2 is 2.05 bits per heavy atom. The summed E-state index contributed by atoms with van der Waals surface area (Å²) >= 11 is 0. The van der Waals surface area contributed by atoms with Crippen LogP contribution in [0.3, 0.4) is 0 Å². The van der Waals surface area contributed by atoms with Gasteiger partial charge in [0.1, 0.15) is 5.75 Å². The summed E-state index contributed by atoms with van der Waals surface area (Å²) in [7, 11) is 1.63. The molecule has 0 saturated heterocycles. The van der Waals surface area contributed by atoms with Crippen molar-refractivity contribution in [2.45, 2.75) is 26.4 Å². The van der Waals surface area contributed by atoms with Gasteiger partial charge in [0, 0.05) is 30.4 Å². The van der Waals surface area contributed by atoms with Crippen LogP contribution in [0.25, 0.3) is 0 Å². The molecule has 0 saturated carbocycles. The highest BCUT2D eigenvalue weighted by Crippen LogP contribution is 2.25. The lowest BCUT2D eigenvalue weighted by Gasteiger charge is -2.18. The normalized spacial score (nSPS) is 12.0. The van der Waals surface area contributed by atoms with Gasteiger partial charge in [0.25, 0.3) is 0 Å². The number of nitrogens with zero attached hydrogens (tertiary/aromatic N) is 1. The molecule has 21 heavy (non-hydrogen) atoms. The summed E-state index contributed by atoms with van der Waals surface area (Å²) in [5.74, 6) is 1.57. The summed E-state index contributed by atoms with van der Waals surface area (Å²) < 4.78 is 10.8. The second-order valence-electron chi connectivity index (χ2n) is 4.78. The number of methoxy groups -OCH3 is 1. The predicted octanol–water partition coefficient (Wildman–Crippen LogP) is 3.34. The van der Waals surface area contributed by atoms with Crippen molar-refractivity contribution in [3.8, 4) is 11.6 Å². The van der Waals surface area contributed by atoms with Gasteiger partial charge in [0.15, 0.2) is 0 Å². The maximum Gasteiger partial charge on any atom is 0.213 e. The van der Waals surface area contributed by atoms with Gasteiger partial charge in [-0.25, -0.2) is 4.98 Å². The number of para-hydroxylation sites is 1. The Balaban J connectivity index is 2.02. The molecule has 112 valence electrons. The molecule has 4 heteroatoms. The third kappa shape index (κ3) is 4.20. The van der Waals surface area contributed by atoms with Crippen LogP contribution in [0.5, 0.6) is 11.6 Å². The number of hydrogen-bond acceptors (Lipinski definition) is 4. The third-order valence-electron chi connectivity index (χ3n) is 3.31. The highest BCUT2D eigenvalue weighted by atomic mass is 16.5. The van der Waals surface area contributed by atoms with E-state index in [0.717, 1.165) is 17.9 Å². The average Bonchev–Trinajstić information content (AvgIpc) is 2.53. The molecule has 0 aliphatic carbocycles. The van der Waals surface area contributed by atoms with E-state index in [1.165, 1.54) is 5.56 Å². The highest BCUT2D eigenvalue weighted by Gasteiger charge is 2.10. The zero-order valence-corrected chi connectivity index (χ0v) is 12.8. The van der Waals surface area contributed by atoms with E-state index in [0.29, 0.717) is 12.5 Å². The molecule has 0 radical (unpaired) electrons.